The van der Waals surface area contributed by atoms with Gasteiger partial charge in [-0.25, -0.2) is 4.39 Å². The number of ether oxygens (including phenoxy) is 1. The van der Waals surface area contributed by atoms with Gasteiger partial charge < -0.3 is 15.0 Å². The first-order valence-electron chi connectivity index (χ1n) is 9.81. The van der Waals surface area contributed by atoms with Crippen molar-refractivity contribution in [3.05, 3.63) is 65.5 Å². The van der Waals surface area contributed by atoms with Crippen LogP contribution >= 0.6 is 0 Å². The predicted octanol–water partition coefficient (Wildman–Crippen LogP) is 4.07. The number of amides is 1. The van der Waals surface area contributed by atoms with Gasteiger partial charge in [0.25, 0.3) is 0 Å². The smallest absolute Gasteiger partial charge is 0.230 e. The molecule has 1 N–H and O–H groups in total. The van der Waals surface area contributed by atoms with Crippen LogP contribution in [0.25, 0.3) is 0 Å². The van der Waals surface area contributed by atoms with E-state index in [1.807, 2.05) is 44.4 Å². The Hall–Kier alpha value is -2.40. The van der Waals surface area contributed by atoms with E-state index in [9.17, 15) is 9.18 Å². The van der Waals surface area contributed by atoms with Crippen LogP contribution in [0.4, 0.5) is 4.39 Å². The molecule has 0 heterocycles. The van der Waals surface area contributed by atoms with Crippen LogP contribution in [0.3, 0.4) is 0 Å². The molecule has 1 atom stereocenters. The van der Waals surface area contributed by atoms with E-state index < -0.39 is 5.41 Å². The number of nitrogens with one attached hydrogen (secondary N) is 1. The van der Waals surface area contributed by atoms with Crippen molar-refractivity contribution >= 4 is 5.91 Å². The molecule has 0 saturated heterocycles. The molecule has 1 aliphatic rings. The van der Waals surface area contributed by atoms with Gasteiger partial charge in [-0.2, -0.15) is 0 Å². The quantitative estimate of drug-likeness (QED) is 0.783. The Balaban J connectivity index is 1.82. The third-order valence-electron chi connectivity index (χ3n) is 5.85. The predicted molar refractivity (Wildman–Crippen MR) is 109 cm³/mol. The van der Waals surface area contributed by atoms with E-state index in [1.165, 1.54) is 12.1 Å². The van der Waals surface area contributed by atoms with Crippen LogP contribution in [0.15, 0.2) is 48.5 Å². The fraction of sp³-hybridized carbons (Fsp3) is 0.435. The highest BCUT2D eigenvalue weighted by Gasteiger charge is 2.43. The molecule has 150 valence electrons. The van der Waals surface area contributed by atoms with Gasteiger partial charge in [-0.1, -0.05) is 43.2 Å². The minimum Gasteiger partial charge on any atom is -0.496 e. The number of nitrogens with zero attached hydrogens (tertiary/aromatic N) is 1. The highest BCUT2D eigenvalue weighted by atomic mass is 19.1. The fourth-order valence-corrected chi connectivity index (χ4v) is 4.28. The summed E-state index contributed by atoms with van der Waals surface area (Å²) in [6.45, 7) is 0.462. The molecule has 4 nitrogen and oxygen atoms in total. The van der Waals surface area contributed by atoms with E-state index in [1.54, 1.807) is 13.2 Å². The molecule has 0 radical (unpaired) electrons. The number of carbonyl (C=O) groups excluding carboxylic acids is 1. The molecule has 1 unspecified atom stereocenters. The average Bonchev–Trinajstić information content (AvgIpc) is 3.19. The van der Waals surface area contributed by atoms with Crippen molar-refractivity contribution in [2.75, 3.05) is 27.7 Å². The standard InChI is InChI=1S/C23H29FN2O2/c1-26(2)20(19-11-4-5-12-21(19)28-3)16-25-22(27)23(13-6-7-14-23)17-9-8-10-18(24)15-17/h4-5,8-12,15,20H,6-7,13-14,16H2,1-3H3,(H,25,27). The molecular weight excluding hydrogens is 355 g/mol. The SMILES string of the molecule is COc1ccccc1C(CNC(=O)C1(c2cccc(F)c2)CCCC1)N(C)C. The first kappa shape index (κ1) is 20.3. The van der Waals surface area contributed by atoms with Crippen molar-refractivity contribution in [3.63, 3.8) is 0 Å². The zero-order chi connectivity index (χ0) is 20.1. The van der Waals surface area contributed by atoms with Crippen molar-refractivity contribution in [2.45, 2.75) is 37.1 Å². The highest BCUT2D eigenvalue weighted by molar-refractivity contribution is 5.88. The number of carbonyl (C=O) groups is 1. The van der Waals surface area contributed by atoms with Crippen LogP contribution in [0.5, 0.6) is 5.75 Å². The number of methoxy groups -OCH3 is 1. The monoisotopic (exact) mass is 384 g/mol. The van der Waals surface area contributed by atoms with Gasteiger partial charge in [0, 0.05) is 12.1 Å². The maximum absolute atomic E-state index is 13.8. The summed E-state index contributed by atoms with van der Waals surface area (Å²) in [5, 5.41) is 3.16. The van der Waals surface area contributed by atoms with E-state index in [0.29, 0.717) is 6.54 Å². The molecule has 0 aliphatic heterocycles. The minimum absolute atomic E-state index is 0.0163. The van der Waals surface area contributed by atoms with E-state index in [0.717, 1.165) is 42.6 Å². The van der Waals surface area contributed by atoms with Gasteiger partial charge in [0.1, 0.15) is 11.6 Å². The average molecular weight is 384 g/mol. The molecule has 28 heavy (non-hydrogen) atoms. The summed E-state index contributed by atoms with van der Waals surface area (Å²) in [5.74, 6) is 0.491. The van der Waals surface area contributed by atoms with Crippen molar-refractivity contribution in [1.82, 2.24) is 10.2 Å². The number of rotatable bonds is 7. The van der Waals surface area contributed by atoms with Gasteiger partial charge in [-0.15, -0.1) is 0 Å². The minimum atomic E-state index is -0.639. The third kappa shape index (κ3) is 4.04. The molecule has 1 amide bonds. The molecule has 1 fully saturated rings. The lowest BCUT2D eigenvalue weighted by Crippen LogP contribution is -2.45. The summed E-state index contributed by atoms with van der Waals surface area (Å²) < 4.78 is 19.3. The van der Waals surface area contributed by atoms with E-state index in [4.69, 9.17) is 4.74 Å². The summed E-state index contributed by atoms with van der Waals surface area (Å²) in [6.07, 6.45) is 3.47. The third-order valence-corrected chi connectivity index (χ3v) is 5.85. The van der Waals surface area contributed by atoms with Gasteiger partial charge in [0.15, 0.2) is 0 Å². The Morgan fingerprint density at radius 2 is 1.89 bits per heavy atom. The van der Waals surface area contributed by atoms with Crippen molar-refractivity contribution < 1.29 is 13.9 Å². The van der Waals surface area contributed by atoms with Crippen LogP contribution < -0.4 is 10.1 Å². The summed E-state index contributed by atoms with van der Waals surface area (Å²) in [6, 6.07) is 14.3. The zero-order valence-corrected chi connectivity index (χ0v) is 16.9. The highest BCUT2D eigenvalue weighted by Crippen LogP contribution is 2.41. The topological polar surface area (TPSA) is 41.6 Å². The Labute approximate surface area is 166 Å². The first-order valence-corrected chi connectivity index (χ1v) is 9.81. The van der Waals surface area contributed by atoms with Gasteiger partial charge in [0.2, 0.25) is 5.91 Å². The lowest BCUT2D eigenvalue weighted by Gasteiger charge is -2.31. The molecular formula is C23H29FN2O2. The maximum atomic E-state index is 13.8. The van der Waals surface area contributed by atoms with Crippen molar-refractivity contribution in [2.24, 2.45) is 0 Å². The zero-order valence-electron chi connectivity index (χ0n) is 16.9. The molecule has 3 rings (SSSR count). The van der Waals surface area contributed by atoms with Crippen LogP contribution in [-0.2, 0) is 10.2 Å². The fourth-order valence-electron chi connectivity index (χ4n) is 4.28. The molecule has 1 saturated carbocycles. The van der Waals surface area contributed by atoms with Gasteiger partial charge in [0.05, 0.1) is 18.6 Å². The number of benzene rings is 2. The second-order valence-corrected chi connectivity index (χ2v) is 7.73. The molecule has 2 aromatic rings. The molecule has 2 aromatic carbocycles. The summed E-state index contributed by atoms with van der Waals surface area (Å²) in [5.41, 5.74) is 1.17. The summed E-state index contributed by atoms with van der Waals surface area (Å²) >= 11 is 0. The molecule has 1 aliphatic carbocycles. The second kappa shape index (κ2) is 8.74. The Bertz CT molecular complexity index is 816. The van der Waals surface area contributed by atoms with E-state index in [-0.39, 0.29) is 17.8 Å². The number of halogens is 1. The second-order valence-electron chi connectivity index (χ2n) is 7.73. The van der Waals surface area contributed by atoms with E-state index >= 15 is 0 Å². The van der Waals surface area contributed by atoms with Crippen LogP contribution in [0.2, 0.25) is 0 Å². The largest absolute Gasteiger partial charge is 0.496 e. The lowest BCUT2D eigenvalue weighted by atomic mass is 9.78. The van der Waals surface area contributed by atoms with Crippen LogP contribution in [0, 0.1) is 5.82 Å². The molecule has 0 bridgehead atoms. The number of para-hydroxylation sites is 1. The maximum Gasteiger partial charge on any atom is 0.230 e. The lowest BCUT2D eigenvalue weighted by molar-refractivity contribution is -0.126. The Kier molecular flexibility index (Phi) is 6.35. The van der Waals surface area contributed by atoms with Crippen LogP contribution in [-0.4, -0.2) is 38.6 Å². The first-order chi connectivity index (χ1) is 13.5. The molecule has 0 aromatic heterocycles. The number of likely N-dealkylation sites (N-methyl/N-ethyl adjacent to an activating group) is 1. The number of hydrogen-bond acceptors (Lipinski definition) is 3. The summed E-state index contributed by atoms with van der Waals surface area (Å²) in [7, 11) is 5.63. The van der Waals surface area contributed by atoms with Crippen molar-refractivity contribution in [3.8, 4) is 5.75 Å². The van der Waals surface area contributed by atoms with Gasteiger partial charge in [-0.3, -0.25) is 4.79 Å². The Morgan fingerprint density at radius 3 is 2.54 bits per heavy atom. The van der Waals surface area contributed by atoms with E-state index in [2.05, 4.69) is 10.2 Å². The Morgan fingerprint density at radius 1 is 1.18 bits per heavy atom. The van der Waals surface area contributed by atoms with Crippen molar-refractivity contribution in [1.29, 1.82) is 0 Å². The molecule has 5 heteroatoms. The summed E-state index contributed by atoms with van der Waals surface area (Å²) in [4.78, 5) is 15.4. The van der Waals surface area contributed by atoms with Gasteiger partial charge in [-0.05, 0) is 50.7 Å². The van der Waals surface area contributed by atoms with Gasteiger partial charge >= 0.3 is 0 Å². The van der Waals surface area contributed by atoms with Crippen LogP contribution in [0.1, 0.15) is 42.9 Å². The normalized spacial score (nSPS) is 16.8. The molecule has 0 spiro atoms. The number of hydrogen-bond donors (Lipinski definition) is 1.